The van der Waals surface area contributed by atoms with E-state index in [1.807, 2.05) is 0 Å². The van der Waals surface area contributed by atoms with Crippen LogP contribution in [0.5, 0.6) is 5.75 Å². The van der Waals surface area contributed by atoms with Gasteiger partial charge in [-0.05, 0) is 29.7 Å². The van der Waals surface area contributed by atoms with Crippen molar-refractivity contribution in [2.45, 2.75) is 18.7 Å². The molecule has 1 atom stereocenters. The summed E-state index contributed by atoms with van der Waals surface area (Å²) < 4.78 is 20.1. The van der Waals surface area contributed by atoms with E-state index < -0.39 is 11.1 Å². The van der Waals surface area contributed by atoms with Gasteiger partial charge in [0.05, 0.1) is 4.90 Å². The van der Waals surface area contributed by atoms with E-state index in [0.717, 1.165) is 0 Å². The molecule has 2 rings (SSSR count). The second-order valence-corrected chi connectivity index (χ2v) is 5.74. The molecule has 1 amide bonds. The number of rotatable bonds is 3. The Kier molecular flexibility index (Phi) is 4.06. The molecule has 0 bridgehead atoms. The Balaban J connectivity index is 2.45. The molecule has 0 fully saturated rings. The molecule has 20 heavy (non-hydrogen) atoms. The highest BCUT2D eigenvalue weighted by Gasteiger charge is 2.10. The van der Waals surface area contributed by atoms with Gasteiger partial charge in [-0.25, -0.2) is 4.21 Å². The molecule has 3 N–H and O–H groups in total. The zero-order chi connectivity index (χ0) is 14.9. The van der Waals surface area contributed by atoms with Crippen LogP contribution in [-0.2, 0) is 15.9 Å². The first-order chi connectivity index (χ1) is 9.38. The SMILES string of the molecule is CC(C)C(=O)Nc1ccc2cc(S(=O)O)cc(O)c2c1. The van der Waals surface area contributed by atoms with Gasteiger partial charge in [-0.15, -0.1) is 0 Å². The Hall–Kier alpha value is -1.92. The fourth-order valence-electron chi connectivity index (χ4n) is 1.78. The van der Waals surface area contributed by atoms with Crippen molar-refractivity contribution in [2.24, 2.45) is 5.92 Å². The summed E-state index contributed by atoms with van der Waals surface area (Å²) >= 11 is -2.15. The van der Waals surface area contributed by atoms with Crippen LogP contribution in [0.25, 0.3) is 10.8 Å². The second-order valence-electron chi connectivity index (χ2n) is 4.77. The lowest BCUT2D eigenvalue weighted by Gasteiger charge is -2.10. The highest BCUT2D eigenvalue weighted by Crippen LogP contribution is 2.30. The number of hydrogen-bond donors (Lipinski definition) is 3. The van der Waals surface area contributed by atoms with Gasteiger partial charge in [-0.3, -0.25) is 4.79 Å². The van der Waals surface area contributed by atoms with Crippen LogP contribution in [0.4, 0.5) is 5.69 Å². The van der Waals surface area contributed by atoms with Gasteiger partial charge >= 0.3 is 0 Å². The van der Waals surface area contributed by atoms with Gasteiger partial charge in [-0.2, -0.15) is 0 Å². The number of amides is 1. The van der Waals surface area contributed by atoms with E-state index in [9.17, 15) is 14.1 Å². The van der Waals surface area contributed by atoms with Crippen molar-refractivity contribution in [3.05, 3.63) is 30.3 Å². The monoisotopic (exact) mass is 293 g/mol. The average molecular weight is 293 g/mol. The molecular weight excluding hydrogens is 278 g/mol. The summed E-state index contributed by atoms with van der Waals surface area (Å²) in [6, 6.07) is 7.77. The van der Waals surface area contributed by atoms with Gasteiger partial charge in [0.2, 0.25) is 5.91 Å². The van der Waals surface area contributed by atoms with Crippen molar-refractivity contribution < 1.29 is 18.7 Å². The number of carbonyl (C=O) groups excluding carboxylic acids is 1. The largest absolute Gasteiger partial charge is 0.507 e. The van der Waals surface area contributed by atoms with E-state index in [1.165, 1.54) is 12.1 Å². The topological polar surface area (TPSA) is 86.6 Å². The molecule has 0 aliphatic heterocycles. The van der Waals surface area contributed by atoms with Gasteiger partial charge in [-0.1, -0.05) is 19.9 Å². The van der Waals surface area contributed by atoms with Crippen molar-refractivity contribution in [3.63, 3.8) is 0 Å². The molecule has 0 radical (unpaired) electrons. The molecule has 0 spiro atoms. The van der Waals surface area contributed by atoms with E-state index in [2.05, 4.69) is 5.32 Å². The third kappa shape index (κ3) is 2.97. The summed E-state index contributed by atoms with van der Waals surface area (Å²) in [4.78, 5) is 11.8. The molecule has 1 unspecified atom stereocenters. The maximum Gasteiger partial charge on any atom is 0.226 e. The van der Waals surface area contributed by atoms with Gasteiger partial charge in [0.15, 0.2) is 11.1 Å². The predicted octanol–water partition coefficient (Wildman–Crippen LogP) is 2.72. The lowest BCUT2D eigenvalue weighted by Crippen LogP contribution is -2.17. The van der Waals surface area contributed by atoms with Crippen LogP contribution in [0.3, 0.4) is 0 Å². The number of carbonyl (C=O) groups is 1. The highest BCUT2D eigenvalue weighted by atomic mass is 32.2. The third-order valence-corrected chi connectivity index (χ3v) is 3.54. The van der Waals surface area contributed by atoms with Crippen molar-refractivity contribution in [2.75, 3.05) is 5.32 Å². The lowest BCUT2D eigenvalue weighted by molar-refractivity contribution is -0.118. The molecule has 0 aliphatic carbocycles. The maximum absolute atomic E-state index is 11.6. The second kappa shape index (κ2) is 5.60. The summed E-state index contributed by atoms with van der Waals surface area (Å²) in [6.07, 6.45) is 0. The molecule has 0 aliphatic rings. The number of phenols is 1. The number of nitrogens with one attached hydrogen (secondary N) is 1. The highest BCUT2D eigenvalue weighted by molar-refractivity contribution is 7.79. The zero-order valence-corrected chi connectivity index (χ0v) is 11.9. The minimum atomic E-state index is -2.15. The van der Waals surface area contributed by atoms with Gasteiger partial charge < -0.3 is 15.0 Å². The Morgan fingerprint density at radius 2 is 1.95 bits per heavy atom. The summed E-state index contributed by atoms with van der Waals surface area (Å²) in [7, 11) is 0. The van der Waals surface area contributed by atoms with Gasteiger partial charge in [0.1, 0.15) is 5.75 Å². The Labute approximate surface area is 118 Å². The first kappa shape index (κ1) is 14.5. The first-order valence-corrected chi connectivity index (χ1v) is 7.17. The van der Waals surface area contributed by atoms with E-state index >= 15 is 0 Å². The van der Waals surface area contributed by atoms with Crippen LogP contribution in [0.15, 0.2) is 35.2 Å². The van der Waals surface area contributed by atoms with Crippen LogP contribution in [-0.4, -0.2) is 19.8 Å². The zero-order valence-electron chi connectivity index (χ0n) is 11.1. The molecule has 6 heteroatoms. The number of anilines is 1. The minimum absolute atomic E-state index is 0.0967. The van der Waals surface area contributed by atoms with E-state index in [1.54, 1.807) is 32.0 Å². The quantitative estimate of drug-likeness (QED) is 0.759. The minimum Gasteiger partial charge on any atom is -0.507 e. The Bertz CT molecular complexity index is 697. The van der Waals surface area contributed by atoms with Gasteiger partial charge in [0.25, 0.3) is 0 Å². The van der Waals surface area contributed by atoms with Crippen LogP contribution in [0.1, 0.15) is 13.8 Å². The molecule has 0 heterocycles. The van der Waals surface area contributed by atoms with E-state index in [0.29, 0.717) is 16.5 Å². The molecule has 2 aromatic rings. The molecule has 0 saturated carbocycles. The maximum atomic E-state index is 11.6. The summed E-state index contributed by atoms with van der Waals surface area (Å²) in [5.74, 6) is -0.351. The van der Waals surface area contributed by atoms with Crippen LogP contribution < -0.4 is 5.32 Å². The molecule has 106 valence electrons. The Morgan fingerprint density at radius 3 is 2.55 bits per heavy atom. The molecule has 5 nitrogen and oxygen atoms in total. The number of fused-ring (bicyclic) bond motifs is 1. The first-order valence-electron chi connectivity index (χ1n) is 6.07. The molecule has 0 aromatic heterocycles. The van der Waals surface area contributed by atoms with Crippen molar-refractivity contribution >= 4 is 33.4 Å². The number of hydrogen-bond acceptors (Lipinski definition) is 3. The predicted molar refractivity (Wildman–Crippen MR) is 78.1 cm³/mol. The number of aromatic hydroxyl groups is 1. The van der Waals surface area contributed by atoms with Crippen molar-refractivity contribution in [1.82, 2.24) is 0 Å². The number of phenolic OH excluding ortho intramolecular Hbond substituents is 1. The van der Waals surface area contributed by atoms with Crippen LogP contribution in [0.2, 0.25) is 0 Å². The van der Waals surface area contributed by atoms with E-state index in [-0.39, 0.29) is 22.5 Å². The molecule has 2 aromatic carbocycles. The van der Waals surface area contributed by atoms with Crippen LogP contribution >= 0.6 is 0 Å². The fourth-order valence-corrected chi connectivity index (χ4v) is 2.22. The van der Waals surface area contributed by atoms with E-state index in [4.69, 9.17) is 4.55 Å². The lowest BCUT2D eigenvalue weighted by atomic mass is 10.1. The summed E-state index contributed by atoms with van der Waals surface area (Å²) in [5.41, 5.74) is 0.573. The fraction of sp³-hybridized carbons (Fsp3) is 0.214. The number of benzene rings is 2. The molecular formula is C14H15NO4S. The summed E-state index contributed by atoms with van der Waals surface area (Å²) in [5, 5.41) is 13.8. The average Bonchev–Trinajstić information content (AvgIpc) is 2.38. The standard InChI is InChI=1S/C14H15NO4S/c1-8(2)14(17)15-10-4-3-9-5-11(20(18)19)7-13(16)12(9)6-10/h3-8,16H,1-2H3,(H,15,17)(H,18,19). The Morgan fingerprint density at radius 1 is 1.25 bits per heavy atom. The third-order valence-electron chi connectivity index (χ3n) is 2.90. The van der Waals surface area contributed by atoms with Crippen LogP contribution in [0, 0.1) is 5.92 Å². The normalized spacial score (nSPS) is 12.6. The smallest absolute Gasteiger partial charge is 0.226 e. The van der Waals surface area contributed by atoms with Gasteiger partial charge in [0, 0.05) is 17.0 Å². The van der Waals surface area contributed by atoms with Crippen molar-refractivity contribution in [3.8, 4) is 5.75 Å². The van der Waals surface area contributed by atoms with Crippen molar-refractivity contribution in [1.29, 1.82) is 0 Å². The summed E-state index contributed by atoms with van der Waals surface area (Å²) in [6.45, 7) is 3.58. The molecule has 0 saturated heterocycles.